The molecular weight excluding hydrogens is 206 g/mol. The summed E-state index contributed by atoms with van der Waals surface area (Å²) in [6, 6.07) is -0.342. The van der Waals surface area contributed by atoms with Crippen molar-refractivity contribution < 1.29 is 14.7 Å². The van der Waals surface area contributed by atoms with Crippen LogP contribution >= 0.6 is 0 Å². The Balaban J connectivity index is 2.23. The number of rotatable bonds is 3. The zero-order chi connectivity index (χ0) is 11.7. The van der Waals surface area contributed by atoms with Crippen molar-refractivity contribution >= 4 is 11.8 Å². The van der Waals surface area contributed by atoms with Crippen molar-refractivity contribution in [3.63, 3.8) is 0 Å². The molecule has 1 N–H and O–H groups in total. The second kappa shape index (κ2) is 4.37. The molecule has 4 nitrogen and oxygen atoms in total. The molecule has 0 radical (unpaired) electrons. The van der Waals surface area contributed by atoms with E-state index in [-0.39, 0.29) is 36.3 Å². The van der Waals surface area contributed by atoms with Crippen LogP contribution in [0.4, 0.5) is 0 Å². The molecule has 4 heteroatoms. The van der Waals surface area contributed by atoms with Crippen LogP contribution in [0.3, 0.4) is 0 Å². The highest BCUT2D eigenvalue weighted by molar-refractivity contribution is 6.05. The van der Waals surface area contributed by atoms with E-state index in [4.69, 9.17) is 0 Å². The van der Waals surface area contributed by atoms with Crippen molar-refractivity contribution in [3.05, 3.63) is 12.2 Å². The maximum Gasteiger partial charge on any atom is 0.233 e. The summed E-state index contributed by atoms with van der Waals surface area (Å²) in [6.07, 6.45) is 5.87. The third-order valence-corrected chi connectivity index (χ3v) is 3.59. The zero-order valence-electron chi connectivity index (χ0n) is 9.43. The molecule has 0 spiro atoms. The number of nitrogens with zero attached hydrogens (tertiary/aromatic N) is 1. The van der Waals surface area contributed by atoms with Gasteiger partial charge in [-0.25, -0.2) is 0 Å². The van der Waals surface area contributed by atoms with Crippen LogP contribution in [-0.2, 0) is 9.59 Å². The molecule has 0 aromatic carbocycles. The SMILES string of the molecule is CCC(CO)N1C(=O)[C@H]2CC=CC[C@H]2C1=O. The lowest BCUT2D eigenvalue weighted by Gasteiger charge is -2.23. The predicted octanol–water partition coefficient (Wildman–Crippen LogP) is 0.708. The van der Waals surface area contributed by atoms with E-state index in [1.54, 1.807) is 0 Å². The van der Waals surface area contributed by atoms with Gasteiger partial charge in [-0.05, 0) is 19.3 Å². The highest BCUT2D eigenvalue weighted by Gasteiger charge is 2.49. The minimum Gasteiger partial charge on any atom is -0.394 e. The van der Waals surface area contributed by atoms with Crippen molar-refractivity contribution in [2.75, 3.05) is 6.61 Å². The summed E-state index contributed by atoms with van der Waals surface area (Å²) >= 11 is 0. The van der Waals surface area contributed by atoms with E-state index in [2.05, 4.69) is 0 Å². The molecule has 16 heavy (non-hydrogen) atoms. The Kier molecular flexibility index (Phi) is 3.10. The van der Waals surface area contributed by atoms with Gasteiger partial charge in [0.1, 0.15) is 0 Å². The monoisotopic (exact) mass is 223 g/mol. The highest BCUT2D eigenvalue weighted by Crippen LogP contribution is 2.36. The maximum atomic E-state index is 12.1. The summed E-state index contributed by atoms with van der Waals surface area (Å²) in [5.41, 5.74) is 0. The Labute approximate surface area is 94.9 Å². The maximum absolute atomic E-state index is 12.1. The van der Waals surface area contributed by atoms with Crippen molar-refractivity contribution in [3.8, 4) is 0 Å². The fourth-order valence-corrected chi connectivity index (χ4v) is 2.58. The first-order chi connectivity index (χ1) is 7.70. The molecule has 2 amide bonds. The molecule has 0 aromatic rings. The van der Waals surface area contributed by atoms with E-state index in [0.29, 0.717) is 19.3 Å². The van der Waals surface area contributed by atoms with Crippen molar-refractivity contribution in [1.29, 1.82) is 0 Å². The lowest BCUT2D eigenvalue weighted by molar-refractivity contribution is -0.143. The molecule has 88 valence electrons. The molecule has 3 atom stereocenters. The molecule has 0 bridgehead atoms. The lowest BCUT2D eigenvalue weighted by Crippen LogP contribution is -2.42. The van der Waals surface area contributed by atoms with Gasteiger partial charge in [0.05, 0.1) is 24.5 Å². The van der Waals surface area contributed by atoms with Crippen LogP contribution in [0, 0.1) is 11.8 Å². The van der Waals surface area contributed by atoms with E-state index >= 15 is 0 Å². The normalized spacial score (nSPS) is 30.8. The van der Waals surface area contributed by atoms with Crippen LogP contribution in [0.2, 0.25) is 0 Å². The van der Waals surface area contributed by atoms with E-state index in [9.17, 15) is 14.7 Å². The number of carbonyl (C=O) groups excluding carboxylic acids is 2. The Hall–Kier alpha value is -1.16. The number of carbonyl (C=O) groups is 2. The zero-order valence-corrected chi connectivity index (χ0v) is 9.43. The first kappa shape index (κ1) is 11.3. The van der Waals surface area contributed by atoms with Crippen LogP contribution in [0.1, 0.15) is 26.2 Å². The number of aliphatic hydroxyl groups excluding tert-OH is 1. The second-order valence-electron chi connectivity index (χ2n) is 4.45. The smallest absolute Gasteiger partial charge is 0.233 e. The first-order valence-corrected chi connectivity index (χ1v) is 5.83. The largest absolute Gasteiger partial charge is 0.394 e. The topological polar surface area (TPSA) is 57.6 Å². The van der Waals surface area contributed by atoms with Crippen LogP contribution in [-0.4, -0.2) is 34.5 Å². The fourth-order valence-electron chi connectivity index (χ4n) is 2.58. The minimum atomic E-state index is -0.342. The van der Waals surface area contributed by atoms with Gasteiger partial charge in [-0.3, -0.25) is 14.5 Å². The molecule has 1 aliphatic carbocycles. The third-order valence-electron chi connectivity index (χ3n) is 3.59. The van der Waals surface area contributed by atoms with Gasteiger partial charge < -0.3 is 5.11 Å². The van der Waals surface area contributed by atoms with E-state index in [1.165, 1.54) is 4.90 Å². The van der Waals surface area contributed by atoms with Crippen molar-refractivity contribution in [1.82, 2.24) is 4.90 Å². The van der Waals surface area contributed by atoms with E-state index < -0.39 is 0 Å². The van der Waals surface area contributed by atoms with Gasteiger partial charge >= 0.3 is 0 Å². The number of likely N-dealkylation sites (tertiary alicyclic amines) is 1. The number of aliphatic hydroxyl groups is 1. The Morgan fingerprint density at radius 2 is 1.81 bits per heavy atom. The second-order valence-corrected chi connectivity index (χ2v) is 4.45. The molecule has 2 rings (SSSR count). The van der Waals surface area contributed by atoms with Gasteiger partial charge in [-0.2, -0.15) is 0 Å². The quantitative estimate of drug-likeness (QED) is 0.566. The highest BCUT2D eigenvalue weighted by atomic mass is 16.3. The first-order valence-electron chi connectivity index (χ1n) is 5.83. The van der Waals surface area contributed by atoms with Gasteiger partial charge in [0.25, 0.3) is 0 Å². The summed E-state index contributed by atoms with van der Waals surface area (Å²) in [5.74, 6) is -0.559. The van der Waals surface area contributed by atoms with E-state index in [0.717, 1.165) is 0 Å². The molecule has 1 unspecified atom stereocenters. The number of hydrogen-bond donors (Lipinski definition) is 1. The number of hydrogen-bond acceptors (Lipinski definition) is 3. The molecule has 1 heterocycles. The predicted molar refractivity (Wildman–Crippen MR) is 58.4 cm³/mol. The van der Waals surface area contributed by atoms with Crippen LogP contribution in [0.25, 0.3) is 0 Å². The molecule has 1 aliphatic heterocycles. The Bertz CT molecular complexity index is 307. The Morgan fingerprint density at radius 1 is 1.31 bits per heavy atom. The fraction of sp³-hybridized carbons (Fsp3) is 0.667. The van der Waals surface area contributed by atoms with E-state index in [1.807, 2.05) is 19.1 Å². The summed E-state index contributed by atoms with van der Waals surface area (Å²) in [7, 11) is 0. The summed E-state index contributed by atoms with van der Waals surface area (Å²) in [6.45, 7) is 1.74. The number of amides is 2. The van der Waals surface area contributed by atoms with Gasteiger partial charge in [-0.15, -0.1) is 0 Å². The third kappa shape index (κ3) is 1.57. The lowest BCUT2D eigenvalue weighted by atomic mass is 9.85. The number of fused-ring (bicyclic) bond motifs is 1. The number of allylic oxidation sites excluding steroid dienone is 2. The minimum absolute atomic E-state index is 0.0970. The Morgan fingerprint density at radius 3 is 2.19 bits per heavy atom. The average molecular weight is 223 g/mol. The molecular formula is C12H17NO3. The summed E-state index contributed by atoms with van der Waals surface area (Å²) in [5, 5.41) is 9.19. The van der Waals surface area contributed by atoms with Crippen molar-refractivity contribution in [2.24, 2.45) is 11.8 Å². The standard InChI is InChI=1S/C12H17NO3/c1-2-8(7-14)13-11(15)9-5-3-4-6-10(9)12(13)16/h3-4,8-10,14H,2,5-7H2,1H3/t8?,9-,10+. The van der Waals surface area contributed by atoms with Crippen LogP contribution in [0.15, 0.2) is 12.2 Å². The molecule has 0 aromatic heterocycles. The molecule has 1 saturated heterocycles. The number of imide groups is 1. The van der Waals surface area contributed by atoms with Crippen LogP contribution < -0.4 is 0 Å². The molecule has 2 aliphatic rings. The average Bonchev–Trinajstić information content (AvgIpc) is 2.57. The summed E-state index contributed by atoms with van der Waals surface area (Å²) < 4.78 is 0. The van der Waals surface area contributed by atoms with Gasteiger partial charge in [-0.1, -0.05) is 19.1 Å². The van der Waals surface area contributed by atoms with Gasteiger partial charge in [0.2, 0.25) is 11.8 Å². The van der Waals surface area contributed by atoms with Gasteiger partial charge in [0, 0.05) is 0 Å². The summed E-state index contributed by atoms with van der Waals surface area (Å²) in [4.78, 5) is 25.4. The molecule has 1 fully saturated rings. The van der Waals surface area contributed by atoms with Crippen LogP contribution in [0.5, 0.6) is 0 Å². The van der Waals surface area contributed by atoms with Gasteiger partial charge in [0.15, 0.2) is 0 Å². The van der Waals surface area contributed by atoms with Crippen molar-refractivity contribution in [2.45, 2.75) is 32.2 Å². The molecule has 0 saturated carbocycles.